The molecule has 0 heterocycles. The first-order valence-corrected chi connectivity index (χ1v) is 7.67. The second-order valence-corrected chi connectivity index (χ2v) is 5.02. The van der Waals surface area contributed by atoms with Crippen LogP contribution in [0.15, 0.2) is 18.2 Å². The lowest BCUT2D eigenvalue weighted by Crippen LogP contribution is -2.21. The third-order valence-corrected chi connectivity index (χ3v) is 3.38. The molecule has 0 bridgehead atoms. The van der Waals surface area contributed by atoms with Gasteiger partial charge in [-0.3, -0.25) is 10.1 Å². The number of anilines is 1. The summed E-state index contributed by atoms with van der Waals surface area (Å²) in [5.74, 6) is 1.49. The molecule has 0 aliphatic carbocycles. The predicted molar refractivity (Wildman–Crippen MR) is 80.3 cm³/mol. The molecule has 5 nitrogen and oxygen atoms in total. The topological polar surface area (TPSA) is 64.4 Å². The summed E-state index contributed by atoms with van der Waals surface area (Å²) in [5, 5.41) is 14.2. The lowest BCUT2D eigenvalue weighted by Gasteiger charge is -2.17. The van der Waals surface area contributed by atoms with E-state index >= 15 is 0 Å². The van der Waals surface area contributed by atoms with Crippen LogP contribution in [0.4, 0.5) is 11.4 Å². The van der Waals surface area contributed by atoms with E-state index in [1.165, 1.54) is 6.07 Å². The second-order valence-electron chi connectivity index (χ2n) is 4.11. The van der Waals surface area contributed by atoms with Crippen molar-refractivity contribution < 1.29 is 9.66 Å². The van der Waals surface area contributed by atoms with Gasteiger partial charge in [-0.05, 0) is 19.6 Å². The summed E-state index contributed by atoms with van der Waals surface area (Å²) in [4.78, 5) is 10.5. The van der Waals surface area contributed by atoms with Gasteiger partial charge >= 0.3 is 0 Å². The number of nitrogens with one attached hydrogen (secondary N) is 1. The lowest BCUT2D eigenvalue weighted by molar-refractivity contribution is -0.384. The van der Waals surface area contributed by atoms with E-state index in [-0.39, 0.29) is 5.69 Å². The maximum atomic E-state index is 10.9. The van der Waals surface area contributed by atoms with Crippen molar-refractivity contribution in [1.82, 2.24) is 0 Å². The predicted octanol–water partition coefficient (Wildman–Crippen LogP) is 3.55. The molecule has 1 rings (SSSR count). The molecule has 1 unspecified atom stereocenters. The van der Waals surface area contributed by atoms with E-state index < -0.39 is 4.92 Å². The second kappa shape index (κ2) is 7.89. The Balaban J connectivity index is 2.94. The van der Waals surface area contributed by atoms with Crippen LogP contribution in [0.25, 0.3) is 0 Å². The van der Waals surface area contributed by atoms with Gasteiger partial charge in [0.1, 0.15) is 5.75 Å². The number of nitro benzene ring substituents is 1. The Morgan fingerprint density at radius 3 is 2.68 bits per heavy atom. The standard InChI is InChI=1S/C13H20N2O3S/c1-4-10(9-19-3)14-11-6-12(15(16)17)8-13(7-11)18-5-2/h6-8,10,14H,4-5,9H2,1-3H3. The molecular formula is C13H20N2O3S. The SMILES string of the molecule is CCOc1cc(NC(CC)CSC)cc([N+](=O)[O-])c1. The summed E-state index contributed by atoms with van der Waals surface area (Å²) in [7, 11) is 0. The number of thioether (sulfide) groups is 1. The average Bonchev–Trinajstić information content (AvgIpc) is 2.38. The van der Waals surface area contributed by atoms with Crippen LogP contribution in [-0.2, 0) is 0 Å². The molecule has 1 aromatic rings. The summed E-state index contributed by atoms with van der Waals surface area (Å²) in [5.41, 5.74) is 0.783. The largest absolute Gasteiger partial charge is 0.494 e. The third-order valence-electron chi connectivity index (χ3n) is 2.64. The van der Waals surface area contributed by atoms with Crippen molar-refractivity contribution in [3.8, 4) is 5.75 Å². The average molecular weight is 284 g/mol. The fourth-order valence-electron chi connectivity index (χ4n) is 1.72. The number of rotatable bonds is 8. The molecule has 1 N–H and O–H groups in total. The van der Waals surface area contributed by atoms with Gasteiger partial charge in [0, 0.05) is 29.6 Å². The molecule has 6 heteroatoms. The molecule has 19 heavy (non-hydrogen) atoms. The zero-order chi connectivity index (χ0) is 14.3. The Hall–Kier alpha value is -1.43. The van der Waals surface area contributed by atoms with Gasteiger partial charge in [0.05, 0.1) is 17.6 Å². The molecule has 0 spiro atoms. The molecule has 0 fully saturated rings. The van der Waals surface area contributed by atoms with Crippen molar-refractivity contribution in [2.75, 3.05) is 23.9 Å². The van der Waals surface area contributed by atoms with E-state index in [0.29, 0.717) is 18.4 Å². The number of ether oxygens (including phenoxy) is 1. The first-order chi connectivity index (χ1) is 9.10. The van der Waals surface area contributed by atoms with Crippen LogP contribution in [0.3, 0.4) is 0 Å². The molecule has 0 aliphatic rings. The Morgan fingerprint density at radius 2 is 2.16 bits per heavy atom. The molecular weight excluding hydrogens is 264 g/mol. The minimum atomic E-state index is -0.400. The van der Waals surface area contributed by atoms with Crippen LogP contribution in [0, 0.1) is 10.1 Å². The molecule has 0 radical (unpaired) electrons. The summed E-state index contributed by atoms with van der Waals surface area (Å²) in [6, 6.07) is 5.10. The number of nitro groups is 1. The summed E-state index contributed by atoms with van der Waals surface area (Å²) in [6.07, 6.45) is 3.01. The van der Waals surface area contributed by atoms with Crippen LogP contribution < -0.4 is 10.1 Å². The van der Waals surface area contributed by atoms with Gasteiger partial charge in [-0.15, -0.1) is 0 Å². The Bertz CT molecular complexity index is 426. The van der Waals surface area contributed by atoms with E-state index in [1.54, 1.807) is 23.9 Å². The Morgan fingerprint density at radius 1 is 1.42 bits per heavy atom. The summed E-state index contributed by atoms with van der Waals surface area (Å²) >= 11 is 1.75. The minimum Gasteiger partial charge on any atom is -0.494 e. The fraction of sp³-hybridized carbons (Fsp3) is 0.538. The minimum absolute atomic E-state index is 0.0486. The molecule has 0 aliphatic heterocycles. The first-order valence-electron chi connectivity index (χ1n) is 6.28. The van der Waals surface area contributed by atoms with Gasteiger partial charge in [0.2, 0.25) is 0 Å². The number of nitrogens with zero attached hydrogens (tertiary/aromatic N) is 1. The highest BCUT2D eigenvalue weighted by Crippen LogP contribution is 2.27. The smallest absolute Gasteiger partial charge is 0.275 e. The number of hydrogen-bond donors (Lipinski definition) is 1. The van der Waals surface area contributed by atoms with Gasteiger partial charge in [-0.1, -0.05) is 6.92 Å². The van der Waals surface area contributed by atoms with E-state index in [2.05, 4.69) is 12.2 Å². The number of hydrogen-bond acceptors (Lipinski definition) is 5. The van der Waals surface area contributed by atoms with Crippen molar-refractivity contribution >= 4 is 23.1 Å². The van der Waals surface area contributed by atoms with Crippen molar-refractivity contribution in [3.05, 3.63) is 28.3 Å². The van der Waals surface area contributed by atoms with Crippen LogP contribution in [0.5, 0.6) is 5.75 Å². The molecule has 0 aromatic heterocycles. The molecule has 0 saturated heterocycles. The quantitative estimate of drug-likeness (QED) is 0.584. The van der Waals surface area contributed by atoms with Gasteiger partial charge in [0.25, 0.3) is 5.69 Å². The van der Waals surface area contributed by atoms with Gasteiger partial charge < -0.3 is 10.1 Å². The highest BCUT2D eigenvalue weighted by molar-refractivity contribution is 7.98. The van der Waals surface area contributed by atoms with Crippen LogP contribution in [-0.4, -0.2) is 29.6 Å². The van der Waals surface area contributed by atoms with Crippen molar-refractivity contribution in [1.29, 1.82) is 0 Å². The fourth-order valence-corrected chi connectivity index (χ4v) is 2.44. The zero-order valence-corrected chi connectivity index (χ0v) is 12.3. The Kier molecular flexibility index (Phi) is 6.49. The Labute approximate surface area is 117 Å². The zero-order valence-electron chi connectivity index (χ0n) is 11.5. The maximum Gasteiger partial charge on any atom is 0.275 e. The van der Waals surface area contributed by atoms with E-state index in [1.807, 2.05) is 13.2 Å². The number of non-ortho nitro benzene ring substituents is 1. The summed E-state index contributed by atoms with van der Waals surface area (Å²) in [6.45, 7) is 4.44. The van der Waals surface area contributed by atoms with Gasteiger partial charge in [0.15, 0.2) is 0 Å². The van der Waals surface area contributed by atoms with Crippen LogP contribution >= 0.6 is 11.8 Å². The monoisotopic (exact) mass is 284 g/mol. The first kappa shape index (κ1) is 15.6. The molecule has 0 saturated carbocycles. The van der Waals surface area contributed by atoms with Gasteiger partial charge in [-0.2, -0.15) is 11.8 Å². The van der Waals surface area contributed by atoms with Crippen LogP contribution in [0.1, 0.15) is 20.3 Å². The van der Waals surface area contributed by atoms with Crippen LogP contribution in [0.2, 0.25) is 0 Å². The highest BCUT2D eigenvalue weighted by atomic mass is 32.2. The van der Waals surface area contributed by atoms with Crippen molar-refractivity contribution in [2.24, 2.45) is 0 Å². The van der Waals surface area contributed by atoms with Crippen molar-refractivity contribution in [2.45, 2.75) is 26.3 Å². The van der Waals surface area contributed by atoms with E-state index in [4.69, 9.17) is 4.74 Å². The molecule has 1 atom stereocenters. The molecule has 1 aromatic carbocycles. The summed E-state index contributed by atoms with van der Waals surface area (Å²) < 4.78 is 5.36. The maximum absolute atomic E-state index is 10.9. The lowest BCUT2D eigenvalue weighted by atomic mass is 10.2. The molecule has 0 amide bonds. The third kappa shape index (κ3) is 4.98. The van der Waals surface area contributed by atoms with Crippen molar-refractivity contribution in [3.63, 3.8) is 0 Å². The van der Waals surface area contributed by atoms with E-state index in [9.17, 15) is 10.1 Å². The highest BCUT2D eigenvalue weighted by Gasteiger charge is 2.12. The number of benzene rings is 1. The normalized spacial score (nSPS) is 11.9. The van der Waals surface area contributed by atoms with Gasteiger partial charge in [-0.25, -0.2) is 0 Å². The van der Waals surface area contributed by atoms with E-state index in [0.717, 1.165) is 17.9 Å². The molecule has 106 valence electrons.